The number of hydrogen-bond acceptors (Lipinski definition) is 2. The van der Waals surface area contributed by atoms with Crippen LogP contribution in [0.15, 0.2) is 24.3 Å². The molecule has 1 rings (SSSR count). The lowest BCUT2D eigenvalue weighted by Gasteiger charge is -2.11. The molecule has 1 amide bonds. The van der Waals surface area contributed by atoms with E-state index in [0.717, 1.165) is 6.42 Å². The minimum atomic E-state index is -0.840. The van der Waals surface area contributed by atoms with Gasteiger partial charge in [-0.1, -0.05) is 37.1 Å². The maximum absolute atomic E-state index is 11.7. The average Bonchev–Trinajstić information content (AvgIpc) is 2.37. The minimum Gasteiger partial charge on any atom is -0.481 e. The second-order valence-electron chi connectivity index (χ2n) is 4.39. The third-order valence-corrected chi connectivity index (χ3v) is 3.18. The minimum absolute atomic E-state index is 0.183. The van der Waals surface area contributed by atoms with Crippen molar-refractivity contribution < 1.29 is 14.7 Å². The molecule has 0 radical (unpaired) electrons. The van der Waals surface area contributed by atoms with Crippen LogP contribution >= 0.6 is 11.6 Å². The van der Waals surface area contributed by atoms with E-state index in [0.29, 0.717) is 23.6 Å². The maximum Gasteiger partial charge on any atom is 0.306 e. The summed E-state index contributed by atoms with van der Waals surface area (Å²) >= 11 is 5.92. The van der Waals surface area contributed by atoms with Gasteiger partial charge in [-0.25, -0.2) is 0 Å². The standard InChI is InChI=1S/C14H18ClNO3/c1-2-5-10(14(18)19)8-9-13(17)16-12-7-4-3-6-11(12)15/h3-4,6-7,10H,2,5,8-9H2,1H3,(H,16,17)(H,18,19)/t10-/m1/s1. The third-order valence-electron chi connectivity index (χ3n) is 2.85. The number of nitrogens with one attached hydrogen (secondary N) is 1. The summed E-state index contributed by atoms with van der Waals surface area (Å²) in [6.45, 7) is 1.93. The van der Waals surface area contributed by atoms with E-state index in [1.165, 1.54) is 0 Å². The first-order valence-corrected chi connectivity index (χ1v) is 6.69. The van der Waals surface area contributed by atoms with Crippen LogP contribution in [0.25, 0.3) is 0 Å². The van der Waals surface area contributed by atoms with Gasteiger partial charge in [0.2, 0.25) is 5.91 Å². The van der Waals surface area contributed by atoms with Crippen LogP contribution in [0.2, 0.25) is 5.02 Å². The molecule has 0 aliphatic rings. The van der Waals surface area contributed by atoms with Gasteiger partial charge in [-0.15, -0.1) is 0 Å². The molecule has 0 unspecified atom stereocenters. The van der Waals surface area contributed by atoms with Gasteiger partial charge in [0, 0.05) is 6.42 Å². The summed E-state index contributed by atoms with van der Waals surface area (Å²) in [5, 5.41) is 12.2. The Balaban J connectivity index is 2.47. The molecule has 0 heterocycles. The van der Waals surface area contributed by atoms with Gasteiger partial charge >= 0.3 is 5.97 Å². The second kappa shape index (κ2) is 7.79. The highest BCUT2D eigenvalue weighted by molar-refractivity contribution is 6.33. The van der Waals surface area contributed by atoms with Crippen molar-refractivity contribution in [2.45, 2.75) is 32.6 Å². The van der Waals surface area contributed by atoms with Crippen molar-refractivity contribution in [2.75, 3.05) is 5.32 Å². The highest BCUT2D eigenvalue weighted by atomic mass is 35.5. The number of halogens is 1. The number of hydrogen-bond donors (Lipinski definition) is 2. The molecule has 0 aliphatic carbocycles. The highest BCUT2D eigenvalue weighted by Crippen LogP contribution is 2.21. The Labute approximate surface area is 117 Å². The molecular weight excluding hydrogens is 266 g/mol. The van der Waals surface area contributed by atoms with Crippen molar-refractivity contribution in [1.82, 2.24) is 0 Å². The summed E-state index contributed by atoms with van der Waals surface area (Å²) in [5.74, 6) is -1.51. The van der Waals surface area contributed by atoms with Crippen LogP contribution < -0.4 is 5.32 Å². The van der Waals surface area contributed by atoms with Gasteiger partial charge in [-0.05, 0) is 25.0 Å². The van der Waals surface area contributed by atoms with Crippen molar-refractivity contribution in [3.63, 3.8) is 0 Å². The summed E-state index contributed by atoms with van der Waals surface area (Å²) in [6.07, 6.45) is 1.92. The summed E-state index contributed by atoms with van der Waals surface area (Å²) in [7, 11) is 0. The molecule has 0 bridgehead atoms. The number of carbonyl (C=O) groups is 2. The Bertz CT molecular complexity index is 448. The molecule has 0 aromatic heterocycles. The van der Waals surface area contributed by atoms with Gasteiger partial charge in [-0.3, -0.25) is 9.59 Å². The number of benzene rings is 1. The molecule has 2 N–H and O–H groups in total. The average molecular weight is 284 g/mol. The molecule has 1 aromatic rings. The van der Waals surface area contributed by atoms with Gasteiger partial charge in [-0.2, -0.15) is 0 Å². The monoisotopic (exact) mass is 283 g/mol. The Morgan fingerprint density at radius 1 is 1.32 bits per heavy atom. The quantitative estimate of drug-likeness (QED) is 0.804. The Kier molecular flexibility index (Phi) is 6.36. The number of carboxylic acids is 1. The molecule has 19 heavy (non-hydrogen) atoms. The summed E-state index contributed by atoms with van der Waals surface area (Å²) < 4.78 is 0. The lowest BCUT2D eigenvalue weighted by molar-refractivity contribution is -0.142. The summed E-state index contributed by atoms with van der Waals surface area (Å²) in [4.78, 5) is 22.7. The molecule has 0 spiro atoms. The van der Waals surface area contributed by atoms with Crippen LogP contribution in [0.3, 0.4) is 0 Å². The number of carbonyl (C=O) groups excluding carboxylic acids is 1. The van der Waals surface area contributed by atoms with Gasteiger partial charge < -0.3 is 10.4 Å². The van der Waals surface area contributed by atoms with E-state index in [1.54, 1.807) is 24.3 Å². The smallest absolute Gasteiger partial charge is 0.306 e. The zero-order valence-electron chi connectivity index (χ0n) is 10.9. The molecule has 0 fully saturated rings. The number of rotatable bonds is 7. The van der Waals surface area contributed by atoms with Crippen LogP contribution in [0.4, 0.5) is 5.69 Å². The van der Waals surface area contributed by atoms with Crippen molar-refractivity contribution >= 4 is 29.2 Å². The van der Waals surface area contributed by atoms with Crippen LogP contribution in [0.1, 0.15) is 32.6 Å². The lowest BCUT2D eigenvalue weighted by Crippen LogP contribution is -2.18. The van der Waals surface area contributed by atoms with Gasteiger partial charge in [0.1, 0.15) is 0 Å². The molecular formula is C14H18ClNO3. The molecule has 1 atom stereocenters. The first-order valence-electron chi connectivity index (χ1n) is 6.31. The Hall–Kier alpha value is -1.55. The first kappa shape index (κ1) is 15.5. The zero-order chi connectivity index (χ0) is 14.3. The first-order chi connectivity index (χ1) is 9.04. The number of carboxylic acid groups (broad SMARTS) is 1. The maximum atomic E-state index is 11.7. The van der Waals surface area contributed by atoms with Crippen LogP contribution in [0.5, 0.6) is 0 Å². The fourth-order valence-electron chi connectivity index (χ4n) is 1.82. The molecule has 0 aliphatic heterocycles. The summed E-state index contributed by atoms with van der Waals surface area (Å²) in [5.41, 5.74) is 0.552. The Morgan fingerprint density at radius 2 is 2.00 bits per heavy atom. The van der Waals surface area contributed by atoms with Gasteiger partial charge in [0.15, 0.2) is 0 Å². The predicted molar refractivity (Wildman–Crippen MR) is 75.3 cm³/mol. The van der Waals surface area contributed by atoms with Crippen LogP contribution in [0, 0.1) is 5.92 Å². The van der Waals surface area contributed by atoms with Gasteiger partial charge in [0.05, 0.1) is 16.6 Å². The van der Waals surface area contributed by atoms with Crippen molar-refractivity contribution in [1.29, 1.82) is 0 Å². The fourth-order valence-corrected chi connectivity index (χ4v) is 2.00. The number of aliphatic carboxylic acids is 1. The molecule has 0 saturated carbocycles. The Morgan fingerprint density at radius 3 is 2.58 bits per heavy atom. The lowest BCUT2D eigenvalue weighted by atomic mass is 9.98. The van der Waals surface area contributed by atoms with E-state index in [4.69, 9.17) is 16.7 Å². The normalized spacial score (nSPS) is 11.9. The molecule has 104 valence electrons. The van der Waals surface area contributed by atoms with Crippen molar-refractivity contribution in [3.05, 3.63) is 29.3 Å². The van der Waals surface area contributed by atoms with E-state index in [1.807, 2.05) is 6.92 Å². The molecule has 0 saturated heterocycles. The molecule has 4 nitrogen and oxygen atoms in total. The third kappa shape index (κ3) is 5.30. The van der Waals surface area contributed by atoms with Crippen molar-refractivity contribution in [2.24, 2.45) is 5.92 Å². The number of anilines is 1. The van der Waals surface area contributed by atoms with Crippen molar-refractivity contribution in [3.8, 4) is 0 Å². The van der Waals surface area contributed by atoms with E-state index in [-0.39, 0.29) is 12.3 Å². The zero-order valence-corrected chi connectivity index (χ0v) is 11.6. The van der Waals surface area contributed by atoms with Crippen LogP contribution in [-0.4, -0.2) is 17.0 Å². The second-order valence-corrected chi connectivity index (χ2v) is 4.80. The molecule has 5 heteroatoms. The van der Waals surface area contributed by atoms with E-state index in [9.17, 15) is 9.59 Å². The van der Waals surface area contributed by atoms with E-state index < -0.39 is 11.9 Å². The predicted octanol–water partition coefficient (Wildman–Crippen LogP) is 3.56. The number of para-hydroxylation sites is 1. The molecule has 1 aromatic carbocycles. The van der Waals surface area contributed by atoms with Crippen LogP contribution in [-0.2, 0) is 9.59 Å². The highest BCUT2D eigenvalue weighted by Gasteiger charge is 2.17. The summed E-state index contributed by atoms with van der Waals surface area (Å²) in [6, 6.07) is 6.95. The topological polar surface area (TPSA) is 66.4 Å². The van der Waals surface area contributed by atoms with E-state index >= 15 is 0 Å². The SMILES string of the molecule is CCC[C@H](CCC(=O)Nc1ccccc1Cl)C(=O)O. The largest absolute Gasteiger partial charge is 0.481 e. The fraction of sp³-hybridized carbons (Fsp3) is 0.429. The van der Waals surface area contributed by atoms with E-state index in [2.05, 4.69) is 5.32 Å². The van der Waals surface area contributed by atoms with Gasteiger partial charge in [0.25, 0.3) is 0 Å². The number of amides is 1.